The van der Waals surface area contributed by atoms with Gasteiger partial charge in [-0.3, -0.25) is 0 Å². The summed E-state index contributed by atoms with van der Waals surface area (Å²) in [5, 5.41) is 0. The van der Waals surface area contributed by atoms with Crippen LogP contribution >= 0.6 is 0 Å². The molecule has 1 fully saturated rings. The number of nitrogens with zero attached hydrogens (tertiary/aromatic N) is 2. The van der Waals surface area contributed by atoms with Gasteiger partial charge in [-0.2, -0.15) is 0 Å². The highest BCUT2D eigenvalue weighted by Gasteiger charge is 2.27. The standard InChI is InChI=1S/C21H22N2O/c1-16-5-3-7-19(13-16)22-10-9-18(15-22)21-23(11-12-24-21)20-8-4-6-17(2)14-20/h3-10,13-15,21H,11-12H2,1-2H3/t21-/m1/s1. The number of aryl methyl sites for hydroxylation is 2. The fourth-order valence-corrected chi connectivity index (χ4v) is 3.33. The van der Waals surface area contributed by atoms with Gasteiger partial charge in [-0.05, 0) is 55.3 Å². The van der Waals surface area contributed by atoms with Crippen molar-refractivity contribution in [2.75, 3.05) is 18.1 Å². The van der Waals surface area contributed by atoms with Gasteiger partial charge in [0.15, 0.2) is 6.23 Å². The number of anilines is 1. The van der Waals surface area contributed by atoms with E-state index in [1.165, 1.54) is 28.1 Å². The lowest BCUT2D eigenvalue weighted by atomic mass is 10.2. The molecule has 24 heavy (non-hydrogen) atoms. The Bertz CT molecular complexity index is 852. The molecular formula is C21H22N2O. The Morgan fingerprint density at radius 2 is 1.62 bits per heavy atom. The zero-order valence-corrected chi connectivity index (χ0v) is 14.1. The molecule has 1 saturated heterocycles. The largest absolute Gasteiger partial charge is 0.352 e. The van der Waals surface area contributed by atoms with Crippen molar-refractivity contribution in [2.45, 2.75) is 20.1 Å². The molecule has 4 rings (SSSR count). The van der Waals surface area contributed by atoms with E-state index >= 15 is 0 Å². The number of hydrogen-bond donors (Lipinski definition) is 0. The molecule has 1 aliphatic rings. The fourth-order valence-electron chi connectivity index (χ4n) is 3.33. The van der Waals surface area contributed by atoms with Crippen LogP contribution in [0.4, 0.5) is 5.69 Å². The predicted molar refractivity (Wildman–Crippen MR) is 97.7 cm³/mol. The first-order chi connectivity index (χ1) is 11.7. The van der Waals surface area contributed by atoms with E-state index in [0.29, 0.717) is 0 Å². The van der Waals surface area contributed by atoms with E-state index in [9.17, 15) is 0 Å². The quantitative estimate of drug-likeness (QED) is 0.700. The number of benzene rings is 2. The first-order valence-corrected chi connectivity index (χ1v) is 8.40. The summed E-state index contributed by atoms with van der Waals surface area (Å²) in [5.74, 6) is 0. The minimum absolute atomic E-state index is 0.0159. The van der Waals surface area contributed by atoms with Crippen LogP contribution in [0.1, 0.15) is 22.9 Å². The average molecular weight is 318 g/mol. The van der Waals surface area contributed by atoms with Crippen LogP contribution in [0, 0.1) is 13.8 Å². The van der Waals surface area contributed by atoms with Crippen molar-refractivity contribution in [3.8, 4) is 5.69 Å². The van der Waals surface area contributed by atoms with Crippen LogP contribution in [-0.2, 0) is 4.74 Å². The van der Waals surface area contributed by atoms with Crippen molar-refractivity contribution in [1.82, 2.24) is 4.57 Å². The summed E-state index contributed by atoms with van der Waals surface area (Å²) in [6.07, 6.45) is 4.27. The van der Waals surface area contributed by atoms with Gasteiger partial charge in [0.05, 0.1) is 6.61 Å². The molecule has 0 N–H and O–H groups in total. The summed E-state index contributed by atoms with van der Waals surface area (Å²) < 4.78 is 8.20. The van der Waals surface area contributed by atoms with E-state index in [2.05, 4.69) is 90.3 Å². The Kier molecular flexibility index (Phi) is 3.87. The molecule has 0 saturated carbocycles. The molecule has 0 aliphatic carbocycles. The van der Waals surface area contributed by atoms with Gasteiger partial charge in [0.2, 0.25) is 0 Å². The summed E-state index contributed by atoms with van der Waals surface area (Å²) in [4.78, 5) is 2.34. The topological polar surface area (TPSA) is 17.4 Å². The number of aromatic nitrogens is 1. The molecule has 3 heteroatoms. The summed E-state index contributed by atoms with van der Waals surface area (Å²) >= 11 is 0. The Hall–Kier alpha value is -2.52. The zero-order chi connectivity index (χ0) is 16.5. The molecule has 3 nitrogen and oxygen atoms in total. The summed E-state index contributed by atoms with van der Waals surface area (Å²) in [6, 6.07) is 19.3. The third kappa shape index (κ3) is 2.83. The van der Waals surface area contributed by atoms with Crippen LogP contribution in [0.5, 0.6) is 0 Å². The van der Waals surface area contributed by atoms with Crippen molar-refractivity contribution >= 4 is 5.69 Å². The molecule has 0 amide bonds. The Labute approximate surface area is 143 Å². The smallest absolute Gasteiger partial charge is 0.158 e. The number of rotatable bonds is 3. The highest BCUT2D eigenvalue weighted by molar-refractivity contribution is 5.51. The summed E-state index contributed by atoms with van der Waals surface area (Å²) in [7, 11) is 0. The lowest BCUT2D eigenvalue weighted by Gasteiger charge is -2.25. The third-order valence-corrected chi connectivity index (χ3v) is 4.52. The second-order valence-corrected chi connectivity index (χ2v) is 6.45. The Balaban J connectivity index is 1.64. The maximum atomic E-state index is 6.03. The Morgan fingerprint density at radius 3 is 2.38 bits per heavy atom. The van der Waals surface area contributed by atoms with E-state index < -0.39 is 0 Å². The molecule has 1 aliphatic heterocycles. The molecule has 2 heterocycles. The molecule has 0 spiro atoms. The average Bonchev–Trinajstić information content (AvgIpc) is 3.24. The van der Waals surface area contributed by atoms with Crippen LogP contribution in [0.2, 0.25) is 0 Å². The van der Waals surface area contributed by atoms with Gasteiger partial charge in [-0.25, -0.2) is 0 Å². The van der Waals surface area contributed by atoms with Crippen LogP contribution in [-0.4, -0.2) is 17.7 Å². The first-order valence-electron chi connectivity index (χ1n) is 8.40. The molecule has 0 unspecified atom stereocenters. The molecule has 0 radical (unpaired) electrons. The Morgan fingerprint density at radius 1 is 0.917 bits per heavy atom. The first kappa shape index (κ1) is 15.0. The van der Waals surface area contributed by atoms with Gasteiger partial charge in [0.25, 0.3) is 0 Å². The predicted octanol–water partition coefficient (Wildman–Crippen LogP) is 4.63. The minimum Gasteiger partial charge on any atom is -0.352 e. The highest BCUT2D eigenvalue weighted by atomic mass is 16.5. The van der Waals surface area contributed by atoms with Crippen LogP contribution < -0.4 is 4.90 Å². The normalized spacial score (nSPS) is 17.4. The third-order valence-electron chi connectivity index (χ3n) is 4.52. The molecule has 3 aromatic rings. The lowest BCUT2D eigenvalue weighted by molar-refractivity contribution is 0.114. The van der Waals surface area contributed by atoms with Crippen molar-refractivity contribution < 1.29 is 4.74 Å². The van der Waals surface area contributed by atoms with E-state index in [0.717, 1.165) is 13.2 Å². The second-order valence-electron chi connectivity index (χ2n) is 6.45. The molecule has 1 aromatic heterocycles. The van der Waals surface area contributed by atoms with Crippen LogP contribution in [0.25, 0.3) is 5.69 Å². The van der Waals surface area contributed by atoms with Gasteiger partial charge < -0.3 is 14.2 Å². The van der Waals surface area contributed by atoms with Crippen molar-refractivity contribution in [2.24, 2.45) is 0 Å². The van der Waals surface area contributed by atoms with Crippen LogP contribution in [0.15, 0.2) is 67.0 Å². The second kappa shape index (κ2) is 6.17. The fraction of sp³-hybridized carbons (Fsp3) is 0.238. The van der Waals surface area contributed by atoms with E-state index in [4.69, 9.17) is 4.74 Å². The molecule has 2 aromatic carbocycles. The lowest BCUT2D eigenvalue weighted by Crippen LogP contribution is -2.23. The van der Waals surface area contributed by atoms with Gasteiger partial charge in [0, 0.05) is 35.9 Å². The summed E-state index contributed by atoms with van der Waals surface area (Å²) in [5.41, 5.74) is 6.13. The van der Waals surface area contributed by atoms with E-state index in [1.807, 2.05) is 0 Å². The molecular weight excluding hydrogens is 296 g/mol. The number of hydrogen-bond acceptors (Lipinski definition) is 2. The minimum atomic E-state index is -0.0159. The summed E-state index contributed by atoms with van der Waals surface area (Å²) in [6.45, 7) is 5.93. The zero-order valence-electron chi connectivity index (χ0n) is 14.1. The van der Waals surface area contributed by atoms with Gasteiger partial charge >= 0.3 is 0 Å². The van der Waals surface area contributed by atoms with Crippen molar-refractivity contribution in [1.29, 1.82) is 0 Å². The van der Waals surface area contributed by atoms with E-state index in [-0.39, 0.29) is 6.23 Å². The maximum Gasteiger partial charge on any atom is 0.158 e. The van der Waals surface area contributed by atoms with Gasteiger partial charge in [0.1, 0.15) is 0 Å². The van der Waals surface area contributed by atoms with Crippen molar-refractivity contribution in [3.63, 3.8) is 0 Å². The molecule has 0 bridgehead atoms. The van der Waals surface area contributed by atoms with Gasteiger partial charge in [-0.1, -0.05) is 24.3 Å². The monoisotopic (exact) mass is 318 g/mol. The van der Waals surface area contributed by atoms with Crippen molar-refractivity contribution in [3.05, 3.63) is 83.7 Å². The van der Waals surface area contributed by atoms with E-state index in [1.54, 1.807) is 0 Å². The highest BCUT2D eigenvalue weighted by Crippen LogP contribution is 2.33. The van der Waals surface area contributed by atoms with Gasteiger partial charge in [-0.15, -0.1) is 0 Å². The molecule has 1 atom stereocenters. The number of ether oxygens (including phenoxy) is 1. The SMILES string of the molecule is Cc1cccc(N2CCO[C@@H]2c2ccn(-c3cccc(C)c3)c2)c1. The molecule has 122 valence electrons. The van der Waals surface area contributed by atoms with Crippen LogP contribution in [0.3, 0.4) is 0 Å². The maximum absolute atomic E-state index is 6.03.